The molecule has 20 heavy (non-hydrogen) atoms. The van der Waals surface area contributed by atoms with Gasteiger partial charge in [0.2, 0.25) is 0 Å². The van der Waals surface area contributed by atoms with Gasteiger partial charge in [0, 0.05) is 24.2 Å². The van der Waals surface area contributed by atoms with Crippen molar-refractivity contribution in [3.8, 4) is 17.6 Å². The summed E-state index contributed by atoms with van der Waals surface area (Å²) in [4.78, 5) is 2.51. The topological polar surface area (TPSA) is 38.5 Å². The van der Waals surface area contributed by atoms with Crippen molar-refractivity contribution in [2.75, 3.05) is 26.7 Å². The van der Waals surface area contributed by atoms with Gasteiger partial charge in [-0.15, -0.1) is 0 Å². The van der Waals surface area contributed by atoms with Gasteiger partial charge >= 0.3 is 0 Å². The summed E-state index contributed by atoms with van der Waals surface area (Å²) < 4.78 is 5.47. The Kier molecular flexibility index (Phi) is 5.46. The number of nitrogens with zero attached hydrogens (tertiary/aromatic N) is 1. The lowest BCUT2D eigenvalue weighted by Gasteiger charge is -2.18. The van der Waals surface area contributed by atoms with E-state index in [0.717, 1.165) is 23.8 Å². The molecule has 1 aliphatic rings. The van der Waals surface area contributed by atoms with E-state index >= 15 is 0 Å². The van der Waals surface area contributed by atoms with Gasteiger partial charge in [-0.05, 0) is 37.1 Å². The lowest BCUT2D eigenvalue weighted by Crippen LogP contribution is -2.20. The average molecular weight is 272 g/mol. The molecule has 1 aromatic carbocycles. The van der Waals surface area contributed by atoms with Crippen molar-refractivity contribution in [2.24, 2.45) is 11.7 Å². The second-order valence-corrected chi connectivity index (χ2v) is 5.33. The smallest absolute Gasteiger partial charge is 0.123 e. The fraction of sp³-hybridized carbons (Fsp3) is 0.529. The van der Waals surface area contributed by atoms with Crippen molar-refractivity contribution in [1.82, 2.24) is 4.90 Å². The molecule has 1 fully saturated rings. The molecular weight excluding hydrogens is 248 g/mol. The quantitative estimate of drug-likeness (QED) is 0.854. The lowest BCUT2D eigenvalue weighted by atomic mass is 10.1. The Morgan fingerprint density at radius 2 is 2.30 bits per heavy atom. The van der Waals surface area contributed by atoms with Crippen LogP contribution in [-0.2, 0) is 6.54 Å². The molecule has 2 rings (SSSR count). The number of nitrogens with two attached hydrogens (primary N) is 1. The van der Waals surface area contributed by atoms with Crippen molar-refractivity contribution in [3.63, 3.8) is 0 Å². The zero-order valence-corrected chi connectivity index (χ0v) is 12.5. The summed E-state index contributed by atoms with van der Waals surface area (Å²) in [5, 5.41) is 0. The van der Waals surface area contributed by atoms with E-state index in [2.05, 4.69) is 29.7 Å². The van der Waals surface area contributed by atoms with E-state index in [4.69, 9.17) is 10.5 Å². The molecule has 0 aromatic heterocycles. The molecule has 1 unspecified atom stereocenters. The van der Waals surface area contributed by atoms with Crippen molar-refractivity contribution in [3.05, 3.63) is 29.3 Å². The van der Waals surface area contributed by atoms with E-state index in [1.807, 2.05) is 12.1 Å². The van der Waals surface area contributed by atoms with Crippen molar-refractivity contribution in [1.29, 1.82) is 0 Å². The third-order valence-electron chi connectivity index (χ3n) is 3.96. The SMILES string of the molecule is CCC1CCN(Cc2cc(C#CCN)ccc2OC)C1. The van der Waals surface area contributed by atoms with Crippen LogP contribution in [0.5, 0.6) is 5.75 Å². The van der Waals surface area contributed by atoms with Crippen LogP contribution in [0.2, 0.25) is 0 Å². The summed E-state index contributed by atoms with van der Waals surface area (Å²) in [6.45, 7) is 5.99. The van der Waals surface area contributed by atoms with Crippen LogP contribution in [0.4, 0.5) is 0 Å². The number of hydrogen-bond acceptors (Lipinski definition) is 3. The molecule has 1 heterocycles. The highest BCUT2D eigenvalue weighted by Crippen LogP contribution is 2.25. The molecule has 3 nitrogen and oxygen atoms in total. The number of methoxy groups -OCH3 is 1. The lowest BCUT2D eigenvalue weighted by molar-refractivity contribution is 0.307. The van der Waals surface area contributed by atoms with Crippen LogP contribution >= 0.6 is 0 Å². The van der Waals surface area contributed by atoms with Gasteiger partial charge in [-0.25, -0.2) is 0 Å². The van der Waals surface area contributed by atoms with Gasteiger partial charge in [-0.3, -0.25) is 4.90 Å². The first kappa shape index (κ1) is 14.9. The predicted octanol–water partition coefficient (Wildman–Crippen LogP) is 2.24. The molecule has 108 valence electrons. The monoisotopic (exact) mass is 272 g/mol. The number of hydrogen-bond donors (Lipinski definition) is 1. The first-order valence-electron chi connectivity index (χ1n) is 7.35. The molecule has 0 amide bonds. The largest absolute Gasteiger partial charge is 0.496 e. The van der Waals surface area contributed by atoms with Crippen LogP contribution in [0.3, 0.4) is 0 Å². The molecule has 2 N–H and O–H groups in total. The number of ether oxygens (including phenoxy) is 1. The van der Waals surface area contributed by atoms with Crippen molar-refractivity contribution >= 4 is 0 Å². The fourth-order valence-corrected chi connectivity index (χ4v) is 2.76. The fourth-order valence-electron chi connectivity index (χ4n) is 2.76. The summed E-state index contributed by atoms with van der Waals surface area (Å²) in [7, 11) is 1.73. The van der Waals surface area contributed by atoms with E-state index in [1.165, 1.54) is 31.5 Å². The van der Waals surface area contributed by atoms with Gasteiger partial charge < -0.3 is 10.5 Å². The second-order valence-electron chi connectivity index (χ2n) is 5.33. The van der Waals surface area contributed by atoms with Crippen molar-refractivity contribution in [2.45, 2.75) is 26.3 Å². The average Bonchev–Trinajstić information content (AvgIpc) is 2.93. The summed E-state index contributed by atoms with van der Waals surface area (Å²) in [5.41, 5.74) is 7.65. The van der Waals surface area contributed by atoms with Crippen LogP contribution < -0.4 is 10.5 Å². The molecule has 0 radical (unpaired) electrons. The molecule has 0 saturated carbocycles. The van der Waals surface area contributed by atoms with Gasteiger partial charge in [0.15, 0.2) is 0 Å². The highest BCUT2D eigenvalue weighted by Gasteiger charge is 2.21. The predicted molar refractivity (Wildman–Crippen MR) is 82.6 cm³/mol. The van der Waals surface area contributed by atoms with Crippen molar-refractivity contribution < 1.29 is 4.74 Å². The third kappa shape index (κ3) is 3.75. The highest BCUT2D eigenvalue weighted by molar-refractivity contribution is 5.44. The standard InChI is InChI=1S/C17H24N2O/c1-3-14-8-10-19(12-14)13-16-11-15(5-4-9-18)6-7-17(16)20-2/h6-7,11,14H,3,8-10,12-13,18H2,1-2H3. The van der Waals surface area contributed by atoms with E-state index in [9.17, 15) is 0 Å². The molecule has 1 aliphatic heterocycles. The normalized spacial score (nSPS) is 18.6. The van der Waals surface area contributed by atoms with Crippen LogP contribution in [-0.4, -0.2) is 31.6 Å². The second kappa shape index (κ2) is 7.33. The minimum absolute atomic E-state index is 0.395. The van der Waals surface area contributed by atoms with Gasteiger partial charge in [0.1, 0.15) is 5.75 Å². The first-order valence-corrected chi connectivity index (χ1v) is 7.35. The third-order valence-corrected chi connectivity index (χ3v) is 3.96. The van der Waals surface area contributed by atoms with Gasteiger partial charge in [0.25, 0.3) is 0 Å². The first-order chi connectivity index (χ1) is 9.76. The number of likely N-dealkylation sites (tertiary alicyclic amines) is 1. The molecule has 1 atom stereocenters. The molecule has 1 saturated heterocycles. The Hall–Kier alpha value is -1.50. The maximum Gasteiger partial charge on any atom is 0.123 e. The van der Waals surface area contributed by atoms with Gasteiger partial charge in [-0.2, -0.15) is 0 Å². The molecule has 3 heteroatoms. The van der Waals surface area contributed by atoms with E-state index in [0.29, 0.717) is 6.54 Å². The molecule has 0 bridgehead atoms. The van der Waals surface area contributed by atoms with Crippen LogP contribution in [0, 0.1) is 17.8 Å². The molecular formula is C17H24N2O. The maximum absolute atomic E-state index is 5.47. The Bertz CT molecular complexity index is 501. The summed E-state index contributed by atoms with van der Waals surface area (Å²) in [5.74, 6) is 7.79. The maximum atomic E-state index is 5.47. The number of benzene rings is 1. The summed E-state index contributed by atoms with van der Waals surface area (Å²) in [6.07, 6.45) is 2.58. The Morgan fingerprint density at radius 1 is 1.45 bits per heavy atom. The van der Waals surface area contributed by atoms with Crippen LogP contribution in [0.15, 0.2) is 18.2 Å². The Balaban J connectivity index is 2.12. The summed E-state index contributed by atoms with van der Waals surface area (Å²) >= 11 is 0. The molecule has 0 spiro atoms. The molecule has 1 aromatic rings. The Morgan fingerprint density at radius 3 is 2.95 bits per heavy atom. The minimum atomic E-state index is 0.395. The zero-order chi connectivity index (χ0) is 14.4. The van der Waals surface area contributed by atoms with E-state index in [1.54, 1.807) is 7.11 Å². The van der Waals surface area contributed by atoms with Gasteiger partial charge in [0.05, 0.1) is 13.7 Å². The summed E-state index contributed by atoms with van der Waals surface area (Å²) in [6, 6.07) is 6.12. The molecule has 0 aliphatic carbocycles. The Labute approximate surface area is 122 Å². The minimum Gasteiger partial charge on any atom is -0.496 e. The highest BCUT2D eigenvalue weighted by atomic mass is 16.5. The van der Waals surface area contributed by atoms with Crippen LogP contribution in [0.25, 0.3) is 0 Å². The van der Waals surface area contributed by atoms with Crippen LogP contribution in [0.1, 0.15) is 30.9 Å². The van der Waals surface area contributed by atoms with Gasteiger partial charge in [-0.1, -0.05) is 25.2 Å². The van der Waals surface area contributed by atoms with E-state index in [-0.39, 0.29) is 0 Å². The zero-order valence-electron chi connectivity index (χ0n) is 12.5. The van der Waals surface area contributed by atoms with E-state index < -0.39 is 0 Å². The number of rotatable bonds is 4.